The first kappa shape index (κ1) is 13.7. The Morgan fingerprint density at radius 3 is 2.86 bits per heavy atom. The fourth-order valence-electron chi connectivity index (χ4n) is 2.76. The van der Waals surface area contributed by atoms with Gasteiger partial charge in [0.2, 0.25) is 0 Å². The number of hydrogen-bond donors (Lipinski definition) is 1. The smallest absolute Gasteiger partial charge is 0.149 e. The van der Waals surface area contributed by atoms with E-state index in [1.165, 1.54) is 17.5 Å². The number of ether oxygens (including phenoxy) is 1. The number of benzene rings is 2. The van der Waals surface area contributed by atoms with Gasteiger partial charge in [0.05, 0.1) is 0 Å². The molecule has 106 valence electrons. The van der Waals surface area contributed by atoms with Crippen molar-refractivity contribution in [1.82, 2.24) is 5.32 Å². The highest BCUT2D eigenvalue weighted by atomic mass is 16.5. The first-order valence-corrected chi connectivity index (χ1v) is 7.33. The molecule has 1 N–H and O–H groups in total. The van der Waals surface area contributed by atoms with Crippen molar-refractivity contribution in [3.05, 3.63) is 65.2 Å². The first-order valence-electron chi connectivity index (χ1n) is 7.33. The number of aryl methyl sites for hydroxylation is 1. The molecular formula is C19H19NO. The molecule has 21 heavy (non-hydrogen) atoms. The second-order valence-corrected chi connectivity index (χ2v) is 5.20. The van der Waals surface area contributed by atoms with E-state index in [-0.39, 0.29) is 0 Å². The second kappa shape index (κ2) is 6.47. The molecule has 0 bridgehead atoms. The summed E-state index contributed by atoms with van der Waals surface area (Å²) in [5.41, 5.74) is 3.81. The molecule has 3 rings (SSSR count). The van der Waals surface area contributed by atoms with Crippen LogP contribution in [0.1, 0.15) is 29.2 Å². The molecule has 1 unspecified atom stereocenters. The molecule has 0 radical (unpaired) electrons. The summed E-state index contributed by atoms with van der Waals surface area (Å²) in [5.74, 6) is 7.06. The molecule has 2 heteroatoms. The zero-order valence-corrected chi connectivity index (χ0v) is 12.2. The number of hydrogen-bond acceptors (Lipinski definition) is 2. The van der Waals surface area contributed by atoms with Crippen LogP contribution in [-0.2, 0) is 6.42 Å². The van der Waals surface area contributed by atoms with E-state index in [9.17, 15) is 0 Å². The molecule has 0 saturated heterocycles. The lowest BCUT2D eigenvalue weighted by Gasteiger charge is -2.10. The zero-order valence-electron chi connectivity index (χ0n) is 12.2. The Labute approximate surface area is 126 Å². The van der Waals surface area contributed by atoms with Gasteiger partial charge in [0.15, 0.2) is 0 Å². The summed E-state index contributed by atoms with van der Waals surface area (Å²) in [5, 5.41) is 3.35. The van der Waals surface area contributed by atoms with Crippen LogP contribution in [0.2, 0.25) is 0 Å². The maximum atomic E-state index is 5.73. The SMILES string of the molecule is CNC1CCc2cc(OCC#Cc3ccccc3)ccc21. The Bertz CT molecular complexity index is 667. The molecule has 0 aliphatic heterocycles. The van der Waals surface area contributed by atoms with Crippen LogP contribution in [-0.4, -0.2) is 13.7 Å². The Morgan fingerprint density at radius 2 is 2.05 bits per heavy atom. The standard InChI is InChI=1S/C19H19NO/c1-20-19-12-9-16-14-17(10-11-18(16)19)21-13-5-8-15-6-3-2-4-7-15/h2-4,6-7,10-11,14,19-20H,9,12-13H2,1H3. The van der Waals surface area contributed by atoms with Crippen LogP contribution in [0.3, 0.4) is 0 Å². The summed E-state index contributed by atoms with van der Waals surface area (Å²) in [4.78, 5) is 0. The minimum atomic E-state index is 0.420. The summed E-state index contributed by atoms with van der Waals surface area (Å²) in [6.07, 6.45) is 2.29. The maximum absolute atomic E-state index is 5.73. The van der Waals surface area contributed by atoms with Crippen molar-refractivity contribution in [2.24, 2.45) is 0 Å². The molecular weight excluding hydrogens is 258 g/mol. The molecule has 0 heterocycles. The maximum Gasteiger partial charge on any atom is 0.149 e. The molecule has 2 aromatic rings. The van der Waals surface area contributed by atoms with Gasteiger partial charge < -0.3 is 10.1 Å². The lowest BCUT2D eigenvalue weighted by atomic mass is 10.1. The van der Waals surface area contributed by atoms with Crippen LogP contribution < -0.4 is 10.1 Å². The van der Waals surface area contributed by atoms with Gasteiger partial charge in [-0.3, -0.25) is 0 Å². The van der Waals surface area contributed by atoms with Gasteiger partial charge in [-0.05, 0) is 55.3 Å². The van der Waals surface area contributed by atoms with Crippen molar-refractivity contribution < 1.29 is 4.74 Å². The Kier molecular flexibility index (Phi) is 4.23. The Balaban J connectivity index is 1.61. The van der Waals surface area contributed by atoms with E-state index < -0.39 is 0 Å². The lowest BCUT2D eigenvalue weighted by Crippen LogP contribution is -2.12. The monoisotopic (exact) mass is 277 g/mol. The molecule has 0 aromatic heterocycles. The van der Waals surface area contributed by atoms with Gasteiger partial charge in [-0.25, -0.2) is 0 Å². The van der Waals surface area contributed by atoms with Crippen molar-refractivity contribution in [1.29, 1.82) is 0 Å². The van der Waals surface area contributed by atoms with Crippen molar-refractivity contribution >= 4 is 0 Å². The molecule has 0 spiro atoms. The Morgan fingerprint density at radius 1 is 1.19 bits per heavy atom. The van der Waals surface area contributed by atoms with Crippen molar-refractivity contribution in [3.63, 3.8) is 0 Å². The molecule has 0 amide bonds. The fourth-order valence-corrected chi connectivity index (χ4v) is 2.76. The van der Waals surface area contributed by atoms with E-state index in [1.807, 2.05) is 43.4 Å². The van der Waals surface area contributed by atoms with E-state index in [0.29, 0.717) is 12.6 Å². The van der Waals surface area contributed by atoms with Gasteiger partial charge in [-0.15, -0.1) is 0 Å². The predicted octanol–water partition coefficient (Wildman–Crippen LogP) is 3.32. The minimum absolute atomic E-state index is 0.420. The molecule has 1 aliphatic rings. The molecule has 1 aliphatic carbocycles. The molecule has 2 aromatic carbocycles. The third kappa shape index (κ3) is 3.26. The lowest BCUT2D eigenvalue weighted by molar-refractivity contribution is 0.370. The zero-order chi connectivity index (χ0) is 14.5. The summed E-state index contributed by atoms with van der Waals surface area (Å²) in [6, 6.07) is 16.8. The normalized spacial score (nSPS) is 16.0. The van der Waals surface area contributed by atoms with E-state index in [2.05, 4.69) is 29.3 Å². The summed E-state index contributed by atoms with van der Waals surface area (Å²) >= 11 is 0. The highest BCUT2D eigenvalue weighted by molar-refractivity contribution is 5.41. The quantitative estimate of drug-likeness (QED) is 0.869. The van der Waals surface area contributed by atoms with Gasteiger partial charge >= 0.3 is 0 Å². The van der Waals surface area contributed by atoms with E-state index in [0.717, 1.165) is 17.7 Å². The highest BCUT2D eigenvalue weighted by Gasteiger charge is 2.20. The summed E-state index contributed by atoms with van der Waals surface area (Å²) < 4.78 is 5.73. The number of rotatable bonds is 3. The number of fused-ring (bicyclic) bond motifs is 1. The third-order valence-corrected chi connectivity index (χ3v) is 3.86. The summed E-state index contributed by atoms with van der Waals surface area (Å²) in [6.45, 7) is 0.420. The van der Waals surface area contributed by atoms with Crippen LogP contribution in [0, 0.1) is 11.8 Å². The van der Waals surface area contributed by atoms with Crippen LogP contribution in [0.15, 0.2) is 48.5 Å². The predicted molar refractivity (Wildman–Crippen MR) is 85.4 cm³/mol. The fraction of sp³-hybridized carbons (Fsp3) is 0.263. The van der Waals surface area contributed by atoms with Gasteiger partial charge in [0.1, 0.15) is 12.4 Å². The van der Waals surface area contributed by atoms with Crippen LogP contribution in [0.5, 0.6) is 5.75 Å². The minimum Gasteiger partial charge on any atom is -0.481 e. The molecule has 2 nitrogen and oxygen atoms in total. The average molecular weight is 277 g/mol. The largest absolute Gasteiger partial charge is 0.481 e. The van der Waals surface area contributed by atoms with Crippen molar-refractivity contribution in [3.8, 4) is 17.6 Å². The van der Waals surface area contributed by atoms with Crippen LogP contribution >= 0.6 is 0 Å². The van der Waals surface area contributed by atoms with Gasteiger partial charge in [0.25, 0.3) is 0 Å². The van der Waals surface area contributed by atoms with E-state index in [4.69, 9.17) is 4.74 Å². The first-order chi connectivity index (χ1) is 10.4. The van der Waals surface area contributed by atoms with E-state index in [1.54, 1.807) is 0 Å². The average Bonchev–Trinajstić information content (AvgIpc) is 2.95. The van der Waals surface area contributed by atoms with Crippen LogP contribution in [0.4, 0.5) is 0 Å². The van der Waals surface area contributed by atoms with Gasteiger partial charge in [0, 0.05) is 11.6 Å². The van der Waals surface area contributed by atoms with Crippen molar-refractivity contribution in [2.45, 2.75) is 18.9 Å². The third-order valence-electron chi connectivity index (χ3n) is 3.86. The number of nitrogens with one attached hydrogen (secondary N) is 1. The topological polar surface area (TPSA) is 21.3 Å². The molecule has 0 fully saturated rings. The van der Waals surface area contributed by atoms with Crippen LogP contribution in [0.25, 0.3) is 0 Å². The molecule has 1 atom stereocenters. The van der Waals surface area contributed by atoms with Crippen molar-refractivity contribution in [2.75, 3.05) is 13.7 Å². The molecule has 0 saturated carbocycles. The Hall–Kier alpha value is -2.24. The van der Waals surface area contributed by atoms with E-state index >= 15 is 0 Å². The second-order valence-electron chi connectivity index (χ2n) is 5.20. The van der Waals surface area contributed by atoms with Gasteiger partial charge in [-0.2, -0.15) is 0 Å². The highest BCUT2D eigenvalue weighted by Crippen LogP contribution is 2.33. The van der Waals surface area contributed by atoms with Gasteiger partial charge in [-0.1, -0.05) is 36.1 Å². The summed E-state index contributed by atoms with van der Waals surface area (Å²) in [7, 11) is 2.02.